The lowest BCUT2D eigenvalue weighted by Gasteiger charge is -2.15. The SMILES string of the molecule is Cc1ccc(CN(C)C)cc1NC(=O)CC1CCCN1.Cl.Cl. The fourth-order valence-corrected chi connectivity index (χ4v) is 2.62. The van der Waals surface area contributed by atoms with E-state index in [1.165, 1.54) is 12.0 Å². The fourth-order valence-electron chi connectivity index (χ4n) is 2.62. The molecule has 2 rings (SSSR count). The van der Waals surface area contributed by atoms with Gasteiger partial charge in [0.05, 0.1) is 0 Å². The van der Waals surface area contributed by atoms with Crippen molar-refractivity contribution in [3.05, 3.63) is 29.3 Å². The highest BCUT2D eigenvalue weighted by atomic mass is 35.5. The van der Waals surface area contributed by atoms with Crippen molar-refractivity contribution in [2.75, 3.05) is 26.0 Å². The van der Waals surface area contributed by atoms with Crippen LogP contribution >= 0.6 is 24.8 Å². The zero-order valence-electron chi connectivity index (χ0n) is 13.5. The van der Waals surface area contributed by atoms with Crippen molar-refractivity contribution >= 4 is 36.4 Å². The van der Waals surface area contributed by atoms with E-state index >= 15 is 0 Å². The summed E-state index contributed by atoms with van der Waals surface area (Å²) in [6.45, 7) is 3.95. The molecule has 4 nitrogen and oxygen atoms in total. The second-order valence-corrected chi connectivity index (χ2v) is 5.93. The van der Waals surface area contributed by atoms with Gasteiger partial charge in [0.2, 0.25) is 5.91 Å². The van der Waals surface area contributed by atoms with Gasteiger partial charge in [0.25, 0.3) is 0 Å². The number of halogens is 2. The van der Waals surface area contributed by atoms with Crippen LogP contribution in [0.25, 0.3) is 0 Å². The van der Waals surface area contributed by atoms with Crippen LogP contribution < -0.4 is 10.6 Å². The van der Waals surface area contributed by atoms with Crippen LogP contribution in [0.4, 0.5) is 5.69 Å². The van der Waals surface area contributed by atoms with E-state index in [1.54, 1.807) is 0 Å². The molecule has 1 amide bonds. The quantitative estimate of drug-likeness (QED) is 0.860. The molecule has 1 unspecified atom stereocenters. The third-order valence-electron chi connectivity index (χ3n) is 3.67. The van der Waals surface area contributed by atoms with Crippen LogP contribution in [0.5, 0.6) is 0 Å². The van der Waals surface area contributed by atoms with Gasteiger partial charge in [-0.3, -0.25) is 4.79 Å². The first-order chi connectivity index (χ1) is 9.54. The van der Waals surface area contributed by atoms with Gasteiger partial charge in [-0.25, -0.2) is 0 Å². The number of nitrogens with zero attached hydrogens (tertiary/aromatic N) is 1. The smallest absolute Gasteiger partial charge is 0.225 e. The third kappa shape index (κ3) is 6.53. The Morgan fingerprint density at radius 1 is 1.36 bits per heavy atom. The number of anilines is 1. The van der Waals surface area contributed by atoms with E-state index in [2.05, 4.69) is 33.7 Å². The predicted molar refractivity (Wildman–Crippen MR) is 97.3 cm³/mol. The molecule has 1 atom stereocenters. The topological polar surface area (TPSA) is 44.4 Å². The molecule has 1 heterocycles. The summed E-state index contributed by atoms with van der Waals surface area (Å²) in [4.78, 5) is 14.2. The summed E-state index contributed by atoms with van der Waals surface area (Å²) in [5.41, 5.74) is 3.27. The molecule has 0 radical (unpaired) electrons. The largest absolute Gasteiger partial charge is 0.326 e. The molecule has 1 saturated heterocycles. The summed E-state index contributed by atoms with van der Waals surface area (Å²) >= 11 is 0. The molecule has 0 bridgehead atoms. The molecular weight excluding hydrogens is 321 g/mol. The predicted octanol–water partition coefficient (Wildman–Crippen LogP) is 2.98. The summed E-state index contributed by atoms with van der Waals surface area (Å²) in [5, 5.41) is 6.41. The standard InChI is InChI=1S/C16H25N3O.2ClH/c1-12-6-7-13(11-19(2)3)9-15(12)18-16(20)10-14-5-4-8-17-14;;/h6-7,9,14,17H,4-5,8,10-11H2,1-3H3,(H,18,20);2*1H. The Morgan fingerprint density at radius 3 is 2.68 bits per heavy atom. The van der Waals surface area contributed by atoms with Crippen molar-refractivity contribution in [1.29, 1.82) is 0 Å². The maximum atomic E-state index is 12.1. The van der Waals surface area contributed by atoms with E-state index in [0.717, 1.165) is 30.8 Å². The third-order valence-corrected chi connectivity index (χ3v) is 3.67. The van der Waals surface area contributed by atoms with Gasteiger partial charge in [-0.1, -0.05) is 12.1 Å². The van der Waals surface area contributed by atoms with Crippen molar-refractivity contribution in [2.24, 2.45) is 0 Å². The number of hydrogen-bond acceptors (Lipinski definition) is 3. The van der Waals surface area contributed by atoms with Crippen molar-refractivity contribution in [2.45, 2.75) is 38.8 Å². The van der Waals surface area contributed by atoms with E-state index in [4.69, 9.17) is 0 Å². The Hall–Kier alpha value is -0.810. The summed E-state index contributed by atoms with van der Waals surface area (Å²) in [6, 6.07) is 6.61. The lowest BCUT2D eigenvalue weighted by atomic mass is 10.1. The van der Waals surface area contributed by atoms with Gasteiger partial charge in [-0.2, -0.15) is 0 Å². The average Bonchev–Trinajstić information content (AvgIpc) is 2.85. The van der Waals surface area contributed by atoms with Crippen molar-refractivity contribution < 1.29 is 4.79 Å². The fraction of sp³-hybridized carbons (Fsp3) is 0.562. The highest BCUT2D eigenvalue weighted by Gasteiger charge is 2.18. The number of aryl methyl sites for hydroxylation is 1. The first kappa shape index (κ1) is 21.2. The molecular formula is C16H27Cl2N3O. The Balaban J connectivity index is 0.00000220. The minimum Gasteiger partial charge on any atom is -0.326 e. The highest BCUT2D eigenvalue weighted by Crippen LogP contribution is 2.19. The molecule has 1 fully saturated rings. The van der Waals surface area contributed by atoms with Crippen LogP contribution in [0, 0.1) is 6.92 Å². The Morgan fingerprint density at radius 2 is 2.09 bits per heavy atom. The Kier molecular flexibility index (Phi) is 9.69. The summed E-state index contributed by atoms with van der Waals surface area (Å²) in [5.74, 6) is 0.106. The molecule has 1 aliphatic rings. The molecule has 1 aromatic carbocycles. The molecule has 1 aromatic rings. The number of rotatable bonds is 5. The van der Waals surface area contributed by atoms with E-state index in [0.29, 0.717) is 12.5 Å². The van der Waals surface area contributed by atoms with Gasteiger partial charge < -0.3 is 15.5 Å². The maximum Gasteiger partial charge on any atom is 0.225 e. The van der Waals surface area contributed by atoms with Crippen molar-refractivity contribution in [1.82, 2.24) is 10.2 Å². The molecule has 22 heavy (non-hydrogen) atoms. The summed E-state index contributed by atoms with van der Waals surface area (Å²) in [6.07, 6.45) is 2.85. The first-order valence-corrected chi connectivity index (χ1v) is 7.32. The van der Waals surface area contributed by atoms with E-state index < -0.39 is 0 Å². The monoisotopic (exact) mass is 347 g/mol. The van der Waals surface area contributed by atoms with E-state index in [9.17, 15) is 4.79 Å². The van der Waals surface area contributed by atoms with Crippen molar-refractivity contribution in [3.63, 3.8) is 0 Å². The number of benzene rings is 1. The normalized spacial score (nSPS) is 16.8. The van der Waals surface area contributed by atoms with Gasteiger partial charge in [0.1, 0.15) is 0 Å². The zero-order chi connectivity index (χ0) is 14.5. The van der Waals surface area contributed by atoms with E-state index in [-0.39, 0.29) is 30.7 Å². The number of carbonyl (C=O) groups is 1. The van der Waals surface area contributed by atoms with Gasteiger partial charge in [-0.15, -0.1) is 24.8 Å². The van der Waals surface area contributed by atoms with Crippen LogP contribution in [-0.4, -0.2) is 37.5 Å². The van der Waals surface area contributed by atoms with Gasteiger partial charge in [0, 0.05) is 24.7 Å². The highest BCUT2D eigenvalue weighted by molar-refractivity contribution is 5.92. The number of nitrogens with one attached hydrogen (secondary N) is 2. The Labute approximate surface area is 145 Å². The van der Waals surface area contributed by atoms with Crippen LogP contribution in [0.3, 0.4) is 0 Å². The van der Waals surface area contributed by atoms with Gasteiger partial charge in [0.15, 0.2) is 0 Å². The lowest BCUT2D eigenvalue weighted by molar-refractivity contribution is -0.116. The summed E-state index contributed by atoms with van der Waals surface area (Å²) < 4.78 is 0. The van der Waals surface area contributed by atoms with Crippen LogP contribution in [0.2, 0.25) is 0 Å². The van der Waals surface area contributed by atoms with Gasteiger partial charge in [-0.05, 0) is 57.6 Å². The van der Waals surface area contributed by atoms with Crippen LogP contribution in [-0.2, 0) is 11.3 Å². The van der Waals surface area contributed by atoms with Crippen LogP contribution in [0.15, 0.2) is 18.2 Å². The van der Waals surface area contributed by atoms with E-state index in [1.807, 2.05) is 21.0 Å². The summed E-state index contributed by atoms with van der Waals surface area (Å²) in [7, 11) is 4.09. The second kappa shape index (κ2) is 10.1. The molecule has 1 aliphatic heterocycles. The first-order valence-electron chi connectivity index (χ1n) is 7.32. The second-order valence-electron chi connectivity index (χ2n) is 5.93. The molecule has 126 valence electrons. The number of hydrogen-bond donors (Lipinski definition) is 2. The van der Waals surface area contributed by atoms with Crippen LogP contribution in [0.1, 0.15) is 30.4 Å². The average molecular weight is 348 g/mol. The molecule has 6 heteroatoms. The number of carbonyl (C=O) groups excluding carboxylic acids is 1. The number of amides is 1. The minimum absolute atomic E-state index is 0. The molecule has 0 aromatic heterocycles. The van der Waals surface area contributed by atoms with Crippen molar-refractivity contribution in [3.8, 4) is 0 Å². The Bertz CT molecular complexity index is 474. The molecule has 0 aliphatic carbocycles. The molecule has 0 saturated carbocycles. The zero-order valence-corrected chi connectivity index (χ0v) is 15.1. The maximum absolute atomic E-state index is 12.1. The molecule has 0 spiro atoms. The lowest BCUT2D eigenvalue weighted by Crippen LogP contribution is -2.27. The minimum atomic E-state index is 0. The van der Waals surface area contributed by atoms with Gasteiger partial charge >= 0.3 is 0 Å². The molecule has 2 N–H and O–H groups in total.